The maximum absolute atomic E-state index is 11.2. The van der Waals surface area contributed by atoms with Gasteiger partial charge in [-0.05, 0) is 6.42 Å². The van der Waals surface area contributed by atoms with Crippen LogP contribution in [0.5, 0.6) is 0 Å². The zero-order valence-electron chi connectivity index (χ0n) is 9.99. The number of carboxylic acid groups (broad SMARTS) is 1. The Kier molecular flexibility index (Phi) is 3.28. The fraction of sp³-hybridized carbons (Fsp3) is 0.167. The maximum atomic E-state index is 11.2. The van der Waals surface area contributed by atoms with Gasteiger partial charge in [0.05, 0.1) is 10.6 Å². The van der Waals surface area contributed by atoms with Crippen LogP contribution >= 0.6 is 0 Å². The van der Waals surface area contributed by atoms with Crippen molar-refractivity contribution in [3.05, 3.63) is 45.6 Å². The summed E-state index contributed by atoms with van der Waals surface area (Å²) in [7, 11) is 0. The summed E-state index contributed by atoms with van der Waals surface area (Å²) in [6.45, 7) is 1.75. The van der Waals surface area contributed by atoms with Gasteiger partial charge in [0.1, 0.15) is 5.56 Å². The lowest BCUT2D eigenvalue weighted by atomic mass is 10.1. The second kappa shape index (κ2) is 4.89. The highest BCUT2D eigenvalue weighted by atomic mass is 16.6. The molecule has 0 aliphatic heterocycles. The molecule has 0 bridgehead atoms. The van der Waals surface area contributed by atoms with Gasteiger partial charge in [-0.2, -0.15) is 0 Å². The number of aromatic nitrogens is 1. The Morgan fingerprint density at radius 2 is 2.26 bits per heavy atom. The smallest absolute Gasteiger partial charge is 0.341 e. The van der Waals surface area contributed by atoms with Crippen LogP contribution in [0.3, 0.4) is 0 Å². The van der Waals surface area contributed by atoms with Crippen molar-refractivity contribution in [1.29, 1.82) is 0 Å². The summed E-state index contributed by atoms with van der Waals surface area (Å²) in [5.41, 5.74) is 0.444. The molecular formula is C12H10N2O5. The number of nitro benzene ring substituents is 1. The monoisotopic (exact) mass is 262 g/mol. The van der Waals surface area contributed by atoms with Crippen LogP contribution in [0.15, 0.2) is 28.8 Å². The molecule has 1 aromatic heterocycles. The van der Waals surface area contributed by atoms with Gasteiger partial charge in [0.2, 0.25) is 0 Å². The first-order chi connectivity index (χ1) is 9.04. The predicted octanol–water partition coefficient (Wildman–Crippen LogP) is 2.51. The van der Waals surface area contributed by atoms with Crippen LogP contribution < -0.4 is 0 Å². The van der Waals surface area contributed by atoms with Gasteiger partial charge in [-0.1, -0.05) is 24.2 Å². The van der Waals surface area contributed by atoms with Crippen molar-refractivity contribution < 1.29 is 19.3 Å². The number of hydrogen-bond acceptors (Lipinski definition) is 5. The highest BCUT2D eigenvalue weighted by Gasteiger charge is 2.23. The molecule has 0 amide bonds. The van der Waals surface area contributed by atoms with E-state index in [9.17, 15) is 20.0 Å². The molecule has 98 valence electrons. The molecule has 1 aromatic carbocycles. The summed E-state index contributed by atoms with van der Waals surface area (Å²) >= 11 is 0. The second-order valence-corrected chi connectivity index (χ2v) is 3.80. The van der Waals surface area contributed by atoms with Crippen LogP contribution in [0.1, 0.15) is 23.0 Å². The predicted molar refractivity (Wildman–Crippen MR) is 64.9 cm³/mol. The number of rotatable bonds is 4. The normalized spacial score (nSPS) is 10.4. The minimum atomic E-state index is -1.17. The molecule has 1 heterocycles. The van der Waals surface area contributed by atoms with Gasteiger partial charge < -0.3 is 9.63 Å². The molecule has 0 saturated carbocycles. The Morgan fingerprint density at radius 1 is 1.53 bits per heavy atom. The third kappa shape index (κ3) is 2.30. The zero-order chi connectivity index (χ0) is 14.0. The molecule has 19 heavy (non-hydrogen) atoms. The lowest BCUT2D eigenvalue weighted by Gasteiger charge is -1.98. The quantitative estimate of drug-likeness (QED) is 0.670. The minimum Gasteiger partial charge on any atom is -0.477 e. The summed E-state index contributed by atoms with van der Waals surface area (Å²) in [6.07, 6.45) is 0.403. The second-order valence-electron chi connectivity index (χ2n) is 3.80. The summed E-state index contributed by atoms with van der Waals surface area (Å²) in [6, 6.07) is 5.58. The molecule has 0 saturated heterocycles. The molecule has 7 nitrogen and oxygen atoms in total. The van der Waals surface area contributed by atoms with Crippen molar-refractivity contribution in [1.82, 2.24) is 5.16 Å². The highest BCUT2D eigenvalue weighted by Crippen LogP contribution is 2.29. The van der Waals surface area contributed by atoms with E-state index in [4.69, 9.17) is 4.52 Å². The number of benzene rings is 1. The molecule has 0 spiro atoms. The van der Waals surface area contributed by atoms with E-state index in [-0.39, 0.29) is 17.0 Å². The topological polar surface area (TPSA) is 106 Å². The van der Waals surface area contributed by atoms with Gasteiger partial charge in [-0.15, -0.1) is 0 Å². The molecule has 2 aromatic rings. The molecular weight excluding hydrogens is 252 g/mol. The molecule has 0 fully saturated rings. The van der Waals surface area contributed by atoms with E-state index in [1.54, 1.807) is 13.0 Å². The first kappa shape index (κ1) is 12.7. The number of carboxylic acids is 1. The van der Waals surface area contributed by atoms with E-state index in [1.165, 1.54) is 18.2 Å². The first-order valence-electron chi connectivity index (χ1n) is 5.51. The zero-order valence-corrected chi connectivity index (χ0v) is 9.99. The number of hydrogen-bond donors (Lipinski definition) is 1. The molecule has 7 heteroatoms. The fourth-order valence-electron chi connectivity index (χ4n) is 1.74. The van der Waals surface area contributed by atoms with Crippen molar-refractivity contribution in [2.75, 3.05) is 0 Å². The average molecular weight is 262 g/mol. The van der Waals surface area contributed by atoms with Crippen molar-refractivity contribution in [3.8, 4) is 11.3 Å². The molecule has 0 aliphatic carbocycles. The molecule has 2 rings (SSSR count). The van der Waals surface area contributed by atoms with E-state index >= 15 is 0 Å². The molecule has 1 N–H and O–H groups in total. The Labute approximate surface area is 107 Å². The highest BCUT2D eigenvalue weighted by molar-refractivity contribution is 5.95. The number of nitro groups is 1. The summed E-state index contributed by atoms with van der Waals surface area (Å²) in [5, 5.41) is 23.6. The van der Waals surface area contributed by atoms with Gasteiger partial charge in [-0.25, -0.2) is 4.79 Å². The Hall–Kier alpha value is -2.70. The van der Waals surface area contributed by atoms with E-state index in [2.05, 4.69) is 5.16 Å². The Bertz CT molecular complexity index is 647. The minimum absolute atomic E-state index is 0.0352. The summed E-state index contributed by atoms with van der Waals surface area (Å²) in [4.78, 5) is 21.4. The molecule has 0 unspecified atom stereocenters. The van der Waals surface area contributed by atoms with E-state index in [0.29, 0.717) is 17.7 Å². The number of non-ortho nitro benzene ring substituents is 1. The van der Waals surface area contributed by atoms with Crippen molar-refractivity contribution in [3.63, 3.8) is 0 Å². The van der Waals surface area contributed by atoms with Crippen LogP contribution in [0.2, 0.25) is 0 Å². The lowest BCUT2D eigenvalue weighted by Crippen LogP contribution is -2.01. The standard InChI is InChI=1S/C12H10N2O5/c1-2-9-10(12(15)16)11(19-13-9)7-4-3-5-8(6-7)14(17)18/h3-6H,2H2,1H3,(H,15,16). The molecule has 0 radical (unpaired) electrons. The SMILES string of the molecule is CCc1noc(-c2cccc([N+](=O)[O-])c2)c1C(=O)O. The first-order valence-corrected chi connectivity index (χ1v) is 5.51. The lowest BCUT2D eigenvalue weighted by molar-refractivity contribution is -0.384. The van der Waals surface area contributed by atoms with E-state index in [0.717, 1.165) is 0 Å². The van der Waals surface area contributed by atoms with E-state index < -0.39 is 10.9 Å². The van der Waals surface area contributed by atoms with Crippen LogP contribution in [-0.2, 0) is 6.42 Å². The van der Waals surface area contributed by atoms with Crippen molar-refractivity contribution in [2.45, 2.75) is 13.3 Å². The van der Waals surface area contributed by atoms with Crippen molar-refractivity contribution >= 4 is 11.7 Å². The Balaban J connectivity index is 2.59. The van der Waals surface area contributed by atoms with Gasteiger partial charge >= 0.3 is 5.97 Å². The number of aryl methyl sites for hydroxylation is 1. The van der Waals surface area contributed by atoms with Gasteiger partial charge in [0, 0.05) is 17.7 Å². The van der Waals surface area contributed by atoms with Gasteiger partial charge in [0.15, 0.2) is 5.76 Å². The maximum Gasteiger partial charge on any atom is 0.341 e. The van der Waals surface area contributed by atoms with Crippen LogP contribution in [-0.4, -0.2) is 21.2 Å². The average Bonchev–Trinajstić information content (AvgIpc) is 2.82. The fourth-order valence-corrected chi connectivity index (χ4v) is 1.74. The van der Waals surface area contributed by atoms with Crippen LogP contribution in [0, 0.1) is 10.1 Å². The van der Waals surface area contributed by atoms with Crippen molar-refractivity contribution in [2.24, 2.45) is 0 Å². The van der Waals surface area contributed by atoms with Gasteiger partial charge in [0.25, 0.3) is 5.69 Å². The largest absolute Gasteiger partial charge is 0.477 e. The van der Waals surface area contributed by atoms with E-state index in [1.807, 2.05) is 0 Å². The van der Waals surface area contributed by atoms with Crippen LogP contribution in [0.4, 0.5) is 5.69 Å². The van der Waals surface area contributed by atoms with Gasteiger partial charge in [-0.3, -0.25) is 10.1 Å². The number of nitrogens with zero attached hydrogens (tertiary/aromatic N) is 2. The molecule has 0 aliphatic rings. The summed E-state index contributed by atoms with van der Waals surface area (Å²) in [5.74, 6) is -1.13. The Morgan fingerprint density at radius 3 is 2.84 bits per heavy atom. The molecule has 0 atom stereocenters. The summed E-state index contributed by atoms with van der Waals surface area (Å²) < 4.78 is 5.02. The number of carbonyl (C=O) groups is 1. The number of aromatic carboxylic acids is 1. The third-order valence-corrected chi connectivity index (χ3v) is 2.63. The third-order valence-electron chi connectivity index (χ3n) is 2.63. The van der Waals surface area contributed by atoms with Crippen LogP contribution in [0.25, 0.3) is 11.3 Å².